The molecule has 0 radical (unpaired) electrons. The molecule has 0 unspecified atom stereocenters. The van der Waals surface area contributed by atoms with E-state index in [1.165, 1.54) is 28.6 Å². The number of halogens is 2. The number of rotatable bonds is 5. The number of piperidine rings is 1. The maximum absolute atomic E-state index is 13.4. The molecule has 3 aromatic rings. The van der Waals surface area contributed by atoms with Crippen LogP contribution in [-0.2, 0) is 10.0 Å². The van der Waals surface area contributed by atoms with Gasteiger partial charge < -0.3 is 20.5 Å². The van der Waals surface area contributed by atoms with Crippen molar-refractivity contribution >= 4 is 44.1 Å². The largest absolute Gasteiger partial charge is 0.393 e. The third-order valence-electron chi connectivity index (χ3n) is 5.65. The van der Waals surface area contributed by atoms with Gasteiger partial charge in [0.2, 0.25) is 10.0 Å². The van der Waals surface area contributed by atoms with Crippen LogP contribution in [0, 0.1) is 5.82 Å². The van der Waals surface area contributed by atoms with Crippen LogP contribution in [0.2, 0.25) is 5.02 Å². The normalized spacial score (nSPS) is 16.9. The highest BCUT2D eigenvalue weighted by molar-refractivity contribution is 7.89. The first-order valence-corrected chi connectivity index (χ1v) is 11.7. The Balaban J connectivity index is 1.67. The van der Waals surface area contributed by atoms with Gasteiger partial charge in [-0.3, -0.25) is 4.79 Å². The molecule has 1 saturated heterocycles. The number of aliphatic hydroxyl groups is 2. The number of amides is 1. The minimum Gasteiger partial charge on any atom is -0.393 e. The van der Waals surface area contributed by atoms with Crippen molar-refractivity contribution in [3.8, 4) is 0 Å². The Morgan fingerprint density at radius 2 is 1.94 bits per heavy atom. The lowest BCUT2D eigenvalue weighted by molar-refractivity contribution is -0.0480. The highest BCUT2D eigenvalue weighted by atomic mass is 35.5. The quantitative estimate of drug-likeness (QED) is 0.446. The topological polar surface area (TPSA) is 123 Å². The first-order valence-electron chi connectivity index (χ1n) is 9.84. The molecular formula is C21H21ClFN3O5S. The molecule has 0 saturated carbocycles. The predicted molar refractivity (Wildman–Crippen MR) is 118 cm³/mol. The van der Waals surface area contributed by atoms with Crippen molar-refractivity contribution in [2.75, 3.05) is 25.0 Å². The SMILES string of the molecule is O=C(Nc1ccc(F)c(Cl)c1)c1cc(S(=O)(=O)N2CCC(O)(CO)CC2)cc2[nH]ccc12. The van der Waals surface area contributed by atoms with Crippen molar-refractivity contribution in [1.82, 2.24) is 9.29 Å². The number of hydrogen-bond donors (Lipinski definition) is 4. The summed E-state index contributed by atoms with van der Waals surface area (Å²) in [6.45, 7) is -0.359. The van der Waals surface area contributed by atoms with Gasteiger partial charge in [0.1, 0.15) is 5.82 Å². The van der Waals surface area contributed by atoms with E-state index in [0.29, 0.717) is 10.9 Å². The number of carbonyl (C=O) groups excluding carboxylic acids is 1. The average molecular weight is 482 g/mol. The van der Waals surface area contributed by atoms with E-state index in [1.807, 2.05) is 0 Å². The molecule has 2 heterocycles. The number of hydrogen-bond acceptors (Lipinski definition) is 5. The van der Waals surface area contributed by atoms with Crippen LogP contribution in [0.5, 0.6) is 0 Å². The summed E-state index contributed by atoms with van der Waals surface area (Å²) in [4.78, 5) is 15.8. The van der Waals surface area contributed by atoms with Crippen LogP contribution in [0.4, 0.5) is 10.1 Å². The van der Waals surface area contributed by atoms with Gasteiger partial charge >= 0.3 is 0 Å². The molecule has 4 rings (SSSR count). The maximum atomic E-state index is 13.4. The number of fused-ring (bicyclic) bond motifs is 1. The number of benzene rings is 2. The third kappa shape index (κ3) is 4.24. The van der Waals surface area contributed by atoms with Gasteiger partial charge in [-0.15, -0.1) is 0 Å². The lowest BCUT2D eigenvalue weighted by Crippen LogP contribution is -2.48. The van der Waals surface area contributed by atoms with Gasteiger partial charge in [0.15, 0.2) is 0 Å². The van der Waals surface area contributed by atoms with Crippen LogP contribution in [0.25, 0.3) is 10.9 Å². The van der Waals surface area contributed by atoms with Crippen molar-refractivity contribution < 1.29 is 27.8 Å². The summed E-state index contributed by atoms with van der Waals surface area (Å²) in [6.07, 6.45) is 1.80. The van der Waals surface area contributed by atoms with Crippen molar-refractivity contribution in [2.24, 2.45) is 0 Å². The molecule has 1 aliphatic rings. The predicted octanol–water partition coefficient (Wildman–Crippen LogP) is 2.72. The van der Waals surface area contributed by atoms with E-state index < -0.39 is 34.0 Å². The summed E-state index contributed by atoms with van der Waals surface area (Å²) in [5.41, 5.74) is -0.460. The fraction of sp³-hybridized carbons (Fsp3) is 0.286. The van der Waals surface area contributed by atoms with Crippen LogP contribution in [-0.4, -0.2) is 59.1 Å². The molecule has 8 nitrogen and oxygen atoms in total. The summed E-state index contributed by atoms with van der Waals surface area (Å²) >= 11 is 5.77. The number of nitrogens with zero attached hydrogens (tertiary/aromatic N) is 1. The smallest absolute Gasteiger partial charge is 0.256 e. The number of anilines is 1. The molecular weight excluding hydrogens is 461 g/mol. The Kier molecular flexibility index (Phi) is 5.99. The van der Waals surface area contributed by atoms with E-state index in [1.54, 1.807) is 12.3 Å². The van der Waals surface area contributed by atoms with Crippen molar-refractivity contribution in [1.29, 1.82) is 0 Å². The van der Waals surface area contributed by atoms with Gasteiger partial charge in [0.25, 0.3) is 5.91 Å². The lowest BCUT2D eigenvalue weighted by Gasteiger charge is -2.36. The van der Waals surface area contributed by atoms with Crippen molar-refractivity contribution in [3.05, 3.63) is 59.0 Å². The number of aliphatic hydroxyl groups excluding tert-OH is 1. The zero-order valence-electron chi connectivity index (χ0n) is 16.8. The van der Waals surface area contributed by atoms with E-state index in [2.05, 4.69) is 10.3 Å². The summed E-state index contributed by atoms with van der Waals surface area (Å²) in [5, 5.41) is 22.5. The van der Waals surface area contributed by atoms with Gasteiger partial charge in [0, 0.05) is 35.9 Å². The molecule has 1 fully saturated rings. The standard InChI is InChI=1S/C21H21ClFN3O5S/c22-17-9-13(1-2-18(17)23)25-20(28)16-10-14(11-19-15(16)3-6-24-19)32(30,31)26-7-4-21(29,12-27)5-8-26/h1-3,6,9-11,24,27,29H,4-5,7-8,12H2,(H,25,28). The Labute approximate surface area is 188 Å². The highest BCUT2D eigenvalue weighted by Crippen LogP contribution is 2.30. The molecule has 0 bridgehead atoms. The Bertz CT molecular complexity index is 1290. The van der Waals surface area contributed by atoms with E-state index in [4.69, 9.17) is 11.6 Å². The van der Waals surface area contributed by atoms with Gasteiger partial charge in [0.05, 0.1) is 27.7 Å². The minimum atomic E-state index is -3.96. The molecule has 32 heavy (non-hydrogen) atoms. The number of H-pyrrole nitrogens is 1. The molecule has 2 aromatic carbocycles. The van der Waals surface area contributed by atoms with Crippen molar-refractivity contribution in [2.45, 2.75) is 23.3 Å². The van der Waals surface area contributed by atoms with Crippen LogP contribution in [0.1, 0.15) is 23.2 Å². The van der Waals surface area contributed by atoms with E-state index >= 15 is 0 Å². The van der Waals surface area contributed by atoms with Gasteiger partial charge in [-0.05, 0) is 49.2 Å². The zero-order valence-corrected chi connectivity index (χ0v) is 18.4. The summed E-state index contributed by atoms with van der Waals surface area (Å²) in [6, 6.07) is 8.13. The maximum Gasteiger partial charge on any atom is 0.256 e. The van der Waals surface area contributed by atoms with Crippen LogP contribution in [0.15, 0.2) is 47.5 Å². The number of carbonyl (C=O) groups is 1. The summed E-state index contributed by atoms with van der Waals surface area (Å²) in [7, 11) is -3.96. The fourth-order valence-corrected chi connectivity index (χ4v) is 5.38. The van der Waals surface area contributed by atoms with E-state index in [-0.39, 0.29) is 47.1 Å². The van der Waals surface area contributed by atoms with Crippen LogP contribution >= 0.6 is 11.6 Å². The van der Waals surface area contributed by atoms with Crippen molar-refractivity contribution in [3.63, 3.8) is 0 Å². The molecule has 11 heteroatoms. The molecule has 1 aromatic heterocycles. The van der Waals surface area contributed by atoms with Gasteiger partial charge in [-0.1, -0.05) is 11.6 Å². The van der Waals surface area contributed by atoms with E-state index in [9.17, 15) is 27.8 Å². The lowest BCUT2D eigenvalue weighted by atomic mass is 9.94. The van der Waals surface area contributed by atoms with Gasteiger partial charge in [-0.2, -0.15) is 4.31 Å². The second-order valence-corrected chi connectivity index (χ2v) is 10.1. The molecule has 170 valence electrons. The van der Waals surface area contributed by atoms with Crippen LogP contribution in [0.3, 0.4) is 0 Å². The van der Waals surface area contributed by atoms with Gasteiger partial charge in [-0.25, -0.2) is 12.8 Å². The number of aromatic amines is 1. The fourth-order valence-electron chi connectivity index (χ4n) is 3.70. The Morgan fingerprint density at radius 3 is 2.59 bits per heavy atom. The summed E-state index contributed by atoms with van der Waals surface area (Å²) < 4.78 is 41.1. The number of aromatic nitrogens is 1. The van der Waals surface area contributed by atoms with Crippen LogP contribution < -0.4 is 5.32 Å². The minimum absolute atomic E-state index is 0.0394. The monoisotopic (exact) mass is 481 g/mol. The molecule has 0 atom stereocenters. The highest BCUT2D eigenvalue weighted by Gasteiger charge is 2.37. The number of sulfonamides is 1. The molecule has 1 aliphatic heterocycles. The number of nitrogens with one attached hydrogen (secondary N) is 2. The first kappa shape index (κ1) is 22.7. The molecule has 0 aliphatic carbocycles. The third-order valence-corrected chi connectivity index (χ3v) is 7.82. The average Bonchev–Trinajstić information content (AvgIpc) is 3.24. The molecule has 4 N–H and O–H groups in total. The second kappa shape index (κ2) is 8.45. The second-order valence-electron chi connectivity index (χ2n) is 7.78. The Morgan fingerprint density at radius 1 is 1.22 bits per heavy atom. The molecule has 1 amide bonds. The van der Waals surface area contributed by atoms with E-state index in [0.717, 1.165) is 6.07 Å². The zero-order chi connectivity index (χ0) is 23.1. The summed E-state index contributed by atoms with van der Waals surface area (Å²) in [5.74, 6) is -1.21. The first-order chi connectivity index (χ1) is 15.1. The molecule has 0 spiro atoms. The Hall–Kier alpha value is -2.50.